The van der Waals surface area contributed by atoms with Gasteiger partial charge in [-0.1, -0.05) is 32.6 Å². The predicted octanol–water partition coefficient (Wildman–Crippen LogP) is 4.19. The van der Waals surface area contributed by atoms with Gasteiger partial charge in [0.1, 0.15) is 0 Å². The van der Waals surface area contributed by atoms with E-state index in [1.807, 2.05) is 24.3 Å². The van der Waals surface area contributed by atoms with Crippen LogP contribution < -0.4 is 5.32 Å². The molecule has 1 fully saturated rings. The molecule has 0 radical (unpaired) electrons. The Morgan fingerprint density at radius 3 is 2.44 bits per heavy atom. The summed E-state index contributed by atoms with van der Waals surface area (Å²) in [7, 11) is 0. The molecule has 1 aromatic carbocycles. The van der Waals surface area contributed by atoms with Gasteiger partial charge < -0.3 is 5.32 Å². The first-order valence-corrected chi connectivity index (χ1v) is 7.02. The number of rotatable bonds is 4. The molecule has 1 N–H and O–H groups in total. The van der Waals surface area contributed by atoms with Crippen molar-refractivity contribution in [1.29, 1.82) is 5.26 Å². The van der Waals surface area contributed by atoms with E-state index in [9.17, 15) is 0 Å². The highest BCUT2D eigenvalue weighted by Crippen LogP contribution is 2.30. The smallest absolute Gasteiger partial charge is 0.0991 e. The zero-order valence-electron chi connectivity index (χ0n) is 11.2. The van der Waals surface area contributed by atoms with Crippen LogP contribution in [0.4, 0.5) is 5.69 Å². The van der Waals surface area contributed by atoms with Gasteiger partial charge >= 0.3 is 0 Å². The monoisotopic (exact) mass is 242 g/mol. The average molecular weight is 242 g/mol. The highest BCUT2D eigenvalue weighted by atomic mass is 14.9. The summed E-state index contributed by atoms with van der Waals surface area (Å²) in [6.07, 6.45) is 6.88. The molecule has 0 spiro atoms. The molecule has 1 saturated carbocycles. The van der Waals surface area contributed by atoms with Crippen LogP contribution in [0.15, 0.2) is 24.3 Å². The molecule has 1 aliphatic rings. The van der Waals surface area contributed by atoms with Crippen molar-refractivity contribution in [3.63, 3.8) is 0 Å². The van der Waals surface area contributed by atoms with Gasteiger partial charge in [-0.15, -0.1) is 0 Å². The molecule has 0 atom stereocenters. The second-order valence-electron chi connectivity index (χ2n) is 5.53. The van der Waals surface area contributed by atoms with Crippen LogP contribution in [0.3, 0.4) is 0 Å². The summed E-state index contributed by atoms with van der Waals surface area (Å²) in [6.45, 7) is 3.41. The molecule has 2 nitrogen and oxygen atoms in total. The molecule has 1 aliphatic carbocycles. The highest BCUT2D eigenvalue weighted by molar-refractivity contribution is 5.46. The summed E-state index contributed by atoms with van der Waals surface area (Å²) >= 11 is 0. The molecule has 0 aliphatic heterocycles. The number of nitriles is 1. The standard InChI is InChI=1S/C16H22N2/c1-13-2-4-14(5-3-13)10-11-18-16-8-6-15(12-17)7-9-16/h6-9,13-14,18H,2-5,10-11H2,1H3. The van der Waals surface area contributed by atoms with Gasteiger partial charge in [0.05, 0.1) is 11.6 Å². The third-order valence-corrected chi connectivity index (χ3v) is 4.03. The fourth-order valence-electron chi connectivity index (χ4n) is 2.70. The molecule has 0 amide bonds. The van der Waals surface area contributed by atoms with Crippen molar-refractivity contribution >= 4 is 5.69 Å². The molecule has 0 saturated heterocycles. The Morgan fingerprint density at radius 1 is 1.17 bits per heavy atom. The van der Waals surface area contributed by atoms with Crippen molar-refractivity contribution in [1.82, 2.24) is 0 Å². The van der Waals surface area contributed by atoms with E-state index in [-0.39, 0.29) is 0 Å². The number of benzene rings is 1. The summed E-state index contributed by atoms with van der Waals surface area (Å²) in [6, 6.07) is 9.84. The lowest BCUT2D eigenvalue weighted by Crippen LogP contribution is -2.15. The van der Waals surface area contributed by atoms with Gasteiger partial charge in [-0.3, -0.25) is 0 Å². The predicted molar refractivity (Wildman–Crippen MR) is 75.4 cm³/mol. The summed E-state index contributed by atoms with van der Waals surface area (Å²) < 4.78 is 0. The van der Waals surface area contributed by atoms with Crippen LogP contribution in [-0.2, 0) is 0 Å². The van der Waals surface area contributed by atoms with Crippen molar-refractivity contribution < 1.29 is 0 Å². The molecule has 0 heterocycles. The SMILES string of the molecule is CC1CCC(CCNc2ccc(C#N)cc2)CC1. The van der Waals surface area contributed by atoms with E-state index in [4.69, 9.17) is 5.26 Å². The zero-order valence-corrected chi connectivity index (χ0v) is 11.2. The van der Waals surface area contributed by atoms with Crippen LogP contribution in [0.1, 0.15) is 44.6 Å². The first-order valence-electron chi connectivity index (χ1n) is 7.02. The molecule has 0 aromatic heterocycles. The Morgan fingerprint density at radius 2 is 1.83 bits per heavy atom. The van der Waals surface area contributed by atoms with Crippen molar-refractivity contribution in [2.75, 3.05) is 11.9 Å². The van der Waals surface area contributed by atoms with Crippen molar-refractivity contribution in [2.24, 2.45) is 11.8 Å². The van der Waals surface area contributed by atoms with Crippen molar-refractivity contribution in [3.05, 3.63) is 29.8 Å². The van der Waals surface area contributed by atoms with Crippen LogP contribution in [0, 0.1) is 23.2 Å². The number of hydrogen-bond donors (Lipinski definition) is 1. The van der Waals surface area contributed by atoms with Crippen LogP contribution >= 0.6 is 0 Å². The number of hydrogen-bond acceptors (Lipinski definition) is 2. The molecule has 18 heavy (non-hydrogen) atoms. The van der Waals surface area contributed by atoms with E-state index in [1.165, 1.54) is 32.1 Å². The first-order chi connectivity index (χ1) is 8.78. The normalized spacial score (nSPS) is 23.3. The Labute approximate surface area is 110 Å². The van der Waals surface area contributed by atoms with Crippen LogP contribution in [-0.4, -0.2) is 6.54 Å². The molecule has 0 unspecified atom stereocenters. The third-order valence-electron chi connectivity index (χ3n) is 4.03. The fraction of sp³-hybridized carbons (Fsp3) is 0.562. The number of nitrogens with one attached hydrogen (secondary N) is 1. The van der Waals surface area contributed by atoms with Gasteiger partial charge in [-0.2, -0.15) is 5.26 Å². The molecule has 1 aromatic rings. The van der Waals surface area contributed by atoms with Gasteiger partial charge in [0, 0.05) is 12.2 Å². The Balaban J connectivity index is 1.70. The van der Waals surface area contributed by atoms with Crippen LogP contribution in [0.2, 0.25) is 0 Å². The summed E-state index contributed by atoms with van der Waals surface area (Å²) in [5.41, 5.74) is 1.85. The summed E-state index contributed by atoms with van der Waals surface area (Å²) in [4.78, 5) is 0. The topological polar surface area (TPSA) is 35.8 Å². The van der Waals surface area contributed by atoms with Gasteiger partial charge in [0.25, 0.3) is 0 Å². The van der Waals surface area contributed by atoms with E-state index in [0.717, 1.165) is 29.6 Å². The average Bonchev–Trinajstić information content (AvgIpc) is 2.42. The van der Waals surface area contributed by atoms with Crippen molar-refractivity contribution in [3.8, 4) is 6.07 Å². The van der Waals surface area contributed by atoms with E-state index < -0.39 is 0 Å². The lowest BCUT2D eigenvalue weighted by molar-refractivity contribution is 0.282. The maximum atomic E-state index is 8.73. The maximum Gasteiger partial charge on any atom is 0.0991 e. The molecular weight excluding hydrogens is 220 g/mol. The Hall–Kier alpha value is -1.49. The minimum Gasteiger partial charge on any atom is -0.385 e. The van der Waals surface area contributed by atoms with Gasteiger partial charge in [0.2, 0.25) is 0 Å². The lowest BCUT2D eigenvalue weighted by Gasteiger charge is -2.26. The lowest BCUT2D eigenvalue weighted by atomic mass is 9.81. The van der Waals surface area contributed by atoms with Gasteiger partial charge in [-0.05, 0) is 42.5 Å². The van der Waals surface area contributed by atoms with Gasteiger partial charge in [-0.25, -0.2) is 0 Å². The van der Waals surface area contributed by atoms with E-state index in [2.05, 4.69) is 18.3 Å². The second-order valence-corrected chi connectivity index (χ2v) is 5.53. The number of anilines is 1. The quantitative estimate of drug-likeness (QED) is 0.859. The Kier molecular flexibility index (Phi) is 4.64. The van der Waals surface area contributed by atoms with Crippen LogP contribution in [0.25, 0.3) is 0 Å². The fourth-order valence-corrected chi connectivity index (χ4v) is 2.70. The molecule has 2 heteroatoms. The maximum absolute atomic E-state index is 8.73. The van der Waals surface area contributed by atoms with Crippen molar-refractivity contribution in [2.45, 2.75) is 39.0 Å². The van der Waals surface area contributed by atoms with Gasteiger partial charge in [0.15, 0.2) is 0 Å². The van der Waals surface area contributed by atoms with E-state index in [0.29, 0.717) is 0 Å². The van der Waals surface area contributed by atoms with E-state index >= 15 is 0 Å². The summed E-state index contributed by atoms with van der Waals surface area (Å²) in [5.74, 6) is 1.85. The second kappa shape index (κ2) is 6.44. The molecule has 96 valence electrons. The molecule has 2 rings (SSSR count). The van der Waals surface area contributed by atoms with E-state index in [1.54, 1.807) is 0 Å². The number of nitrogens with zero attached hydrogens (tertiary/aromatic N) is 1. The third kappa shape index (κ3) is 3.77. The highest BCUT2D eigenvalue weighted by Gasteiger charge is 2.17. The first kappa shape index (κ1) is 13.0. The summed E-state index contributed by atoms with van der Waals surface area (Å²) in [5, 5.41) is 12.2. The molecular formula is C16H22N2. The minimum atomic E-state index is 0.724. The Bertz CT molecular complexity index is 394. The minimum absolute atomic E-state index is 0.724. The zero-order chi connectivity index (χ0) is 12.8. The molecule has 0 bridgehead atoms. The van der Waals surface area contributed by atoms with Crippen LogP contribution in [0.5, 0.6) is 0 Å². The largest absolute Gasteiger partial charge is 0.385 e.